The lowest BCUT2D eigenvalue weighted by molar-refractivity contribution is -0.265. The molecule has 2 amide bonds. The first-order chi connectivity index (χ1) is 58.2. The average molecular weight is 1700 g/mol. The number of aromatic nitrogens is 8. The number of esters is 1. The van der Waals surface area contributed by atoms with E-state index in [4.69, 9.17) is 78.9 Å². The number of hydrogen-bond donors (Lipinski definition) is 9. The number of nitrogen functional groups attached to an aromatic ring is 2. The second kappa shape index (κ2) is 51.2. The number of nitrogens with one attached hydrogen (secondary N) is 1. The summed E-state index contributed by atoms with van der Waals surface area (Å²) >= 11 is 0. The summed E-state index contributed by atoms with van der Waals surface area (Å²) in [6, 6.07) is 3.51. The van der Waals surface area contributed by atoms with Gasteiger partial charge in [-0.2, -0.15) is 10.1 Å². The molecule has 1 saturated carbocycles. The van der Waals surface area contributed by atoms with Crippen molar-refractivity contribution in [2.45, 2.75) is 244 Å². The number of methoxy groups -OCH3 is 2. The molecule has 35 nitrogen and oxygen atoms in total. The number of aliphatic hydroxyl groups is 5. The predicted octanol–water partition coefficient (Wildman–Crippen LogP) is 7.22. The van der Waals surface area contributed by atoms with E-state index in [0.717, 1.165) is 41.7 Å². The highest BCUT2D eigenvalue weighted by Gasteiger charge is 2.53. The second-order valence-corrected chi connectivity index (χ2v) is 32.3. The van der Waals surface area contributed by atoms with Crippen molar-refractivity contribution >= 4 is 63.2 Å². The van der Waals surface area contributed by atoms with Crippen LogP contribution in [0.25, 0.3) is 33.4 Å². The maximum atomic E-state index is 14.6. The first kappa shape index (κ1) is 98.3. The first-order valence-electron chi connectivity index (χ1n) is 42.8. The number of ether oxygens (including phenoxy) is 10. The summed E-state index contributed by atoms with van der Waals surface area (Å²) in [4.78, 5) is 75.7. The normalized spacial score (nSPS) is 21.6. The van der Waals surface area contributed by atoms with Crippen molar-refractivity contribution in [1.82, 2.24) is 49.9 Å². The molecule has 3 fully saturated rings. The maximum Gasteiger partial charge on any atom is 0.329 e. The third-order valence-corrected chi connectivity index (χ3v) is 22.5. The number of amides is 2. The second-order valence-electron chi connectivity index (χ2n) is 32.3. The van der Waals surface area contributed by atoms with Crippen molar-refractivity contribution in [3.8, 4) is 11.3 Å². The number of likely N-dealkylation sites (tertiary alicyclic amines) is 1. The van der Waals surface area contributed by atoms with Crippen LogP contribution in [0, 0.1) is 29.6 Å². The number of aryl methyl sites for hydroxylation is 1. The third kappa shape index (κ3) is 30.7. The number of piperidine rings is 1. The van der Waals surface area contributed by atoms with Crippen molar-refractivity contribution in [3.63, 3.8) is 0 Å². The molecule has 1 aromatic carbocycles. The average Bonchev–Trinajstić information content (AvgIpc) is 1.71. The SMILES string of the molecule is C=C/C=C/C=C(\C)[C@H](C[C@@H]1CC[C@@H](C)[C@](O)(C(=O)C(=O)N2CCCC[C@H]2C(=O)O[C@@H](CC(O)[C@H](C)/C=C(\C)[C@@H](O)[C@@H](O)/C(=N/OCc2cn(CCOCCOCCOCCOCCOCCCCOCCC(=O)NCCCCn3nc(-c4ccc5oc(N)nc5c4)c4c(N)ncnc43)nn2)[C@H](C)CC(C)C)[C@H](N)C[C@@H]2CC[C@@H](O)[C@H](OC)C2)O1)OC. The molecule has 0 spiro atoms. The number of nitrogens with two attached hydrogens (primary N) is 3. The molecule has 121 heavy (non-hydrogen) atoms. The molecule has 1 aliphatic carbocycles. The van der Waals surface area contributed by atoms with Crippen LogP contribution in [0.3, 0.4) is 0 Å². The lowest BCUT2D eigenvalue weighted by atomic mass is 9.80. The van der Waals surface area contributed by atoms with Gasteiger partial charge in [0, 0.05) is 95.7 Å². The summed E-state index contributed by atoms with van der Waals surface area (Å²) in [5.41, 5.74) is 24.1. The molecule has 35 heteroatoms. The van der Waals surface area contributed by atoms with Crippen LogP contribution in [0.5, 0.6) is 0 Å². The molecule has 2 aliphatic heterocycles. The number of benzene rings is 1. The number of anilines is 2. The van der Waals surface area contributed by atoms with Crippen LogP contribution < -0.4 is 22.5 Å². The van der Waals surface area contributed by atoms with Crippen LogP contribution in [0.2, 0.25) is 0 Å². The summed E-state index contributed by atoms with van der Waals surface area (Å²) < 4.78 is 66.7. The number of hydrogen-bond acceptors (Lipinski definition) is 31. The number of carbonyl (C=O) groups excluding carboxylic acids is 4. The van der Waals surface area contributed by atoms with E-state index in [2.05, 4.69) is 42.3 Å². The Bertz CT molecular complexity index is 4110. The Morgan fingerprint density at radius 1 is 0.810 bits per heavy atom. The molecule has 8 rings (SSSR count). The van der Waals surface area contributed by atoms with Gasteiger partial charge in [0.15, 0.2) is 17.8 Å². The largest absolute Gasteiger partial charge is 0.459 e. The van der Waals surface area contributed by atoms with E-state index in [1.807, 2.05) is 52.0 Å². The fourth-order valence-electron chi connectivity index (χ4n) is 15.5. The summed E-state index contributed by atoms with van der Waals surface area (Å²) in [5, 5.41) is 79.6. The van der Waals surface area contributed by atoms with Gasteiger partial charge >= 0.3 is 5.97 Å². The topological polar surface area (TPSA) is 477 Å². The molecular formula is C86H134N14O21. The van der Waals surface area contributed by atoms with Gasteiger partial charge in [0.25, 0.3) is 17.7 Å². The minimum atomic E-state index is -2.48. The Morgan fingerprint density at radius 3 is 2.21 bits per heavy atom. The fraction of sp³-hybridized carbons (Fsp3) is 0.686. The smallest absolute Gasteiger partial charge is 0.329 e. The number of aliphatic hydroxyl groups excluding tert-OH is 4. The number of carbonyl (C=O) groups is 4. The van der Waals surface area contributed by atoms with Gasteiger partial charge in [0.2, 0.25) is 11.7 Å². The highest BCUT2D eigenvalue weighted by Crippen LogP contribution is 2.39. The summed E-state index contributed by atoms with van der Waals surface area (Å²) in [5.74, 6) is -6.93. The van der Waals surface area contributed by atoms with Crippen LogP contribution in [-0.4, -0.2) is 273 Å². The predicted molar refractivity (Wildman–Crippen MR) is 452 cm³/mol. The zero-order valence-corrected chi connectivity index (χ0v) is 72.2. The molecule has 4 aromatic heterocycles. The Kier molecular flexibility index (Phi) is 41.6. The quantitative estimate of drug-likeness (QED) is 0.00353. The number of oxazole rings is 1. The highest BCUT2D eigenvalue weighted by molar-refractivity contribution is 6.39. The Balaban J connectivity index is 0.678. The Hall–Kier alpha value is -8.11. The molecule has 674 valence electrons. The van der Waals surface area contributed by atoms with Gasteiger partial charge in [-0.15, -0.1) is 5.10 Å². The van der Waals surface area contributed by atoms with Crippen molar-refractivity contribution in [2.75, 3.05) is 118 Å². The molecule has 12 N–H and O–H groups in total. The van der Waals surface area contributed by atoms with Crippen LogP contribution >= 0.6 is 0 Å². The maximum absolute atomic E-state index is 14.6. The molecule has 3 aliphatic rings. The minimum Gasteiger partial charge on any atom is -0.459 e. The number of oxime groups is 1. The van der Waals surface area contributed by atoms with E-state index in [-0.39, 0.29) is 67.8 Å². The van der Waals surface area contributed by atoms with E-state index in [1.54, 1.807) is 67.7 Å². The molecule has 5 aromatic rings. The van der Waals surface area contributed by atoms with E-state index in [9.17, 15) is 44.7 Å². The number of nitrogens with zero attached hydrogens (tertiary/aromatic N) is 10. The number of fused-ring (bicyclic) bond motifs is 2. The summed E-state index contributed by atoms with van der Waals surface area (Å²) in [6.45, 7) is 23.1. The molecular weight excluding hydrogens is 1570 g/mol. The first-order valence-corrected chi connectivity index (χ1v) is 42.8. The Morgan fingerprint density at radius 2 is 1.51 bits per heavy atom. The third-order valence-electron chi connectivity index (χ3n) is 22.5. The van der Waals surface area contributed by atoms with Crippen molar-refractivity contribution in [3.05, 3.63) is 84.5 Å². The summed E-state index contributed by atoms with van der Waals surface area (Å²) in [6.07, 6.45) is 12.5. The van der Waals surface area contributed by atoms with Gasteiger partial charge in [-0.05, 0) is 145 Å². The highest BCUT2D eigenvalue weighted by atomic mass is 16.6. The number of rotatable bonds is 56. The van der Waals surface area contributed by atoms with E-state index in [1.165, 1.54) is 13.4 Å². The molecule has 15 atom stereocenters. The number of Topliss-reactive ketones (excluding diaryl/α,β-unsaturated/α-hetero) is 1. The molecule has 1 unspecified atom stereocenters. The van der Waals surface area contributed by atoms with Gasteiger partial charge in [0.1, 0.15) is 53.4 Å². The monoisotopic (exact) mass is 1700 g/mol. The van der Waals surface area contributed by atoms with E-state index >= 15 is 0 Å². The van der Waals surface area contributed by atoms with Gasteiger partial charge in [-0.3, -0.25) is 14.4 Å². The zero-order valence-electron chi connectivity index (χ0n) is 72.2. The van der Waals surface area contributed by atoms with Gasteiger partial charge in [-0.1, -0.05) is 81.9 Å². The van der Waals surface area contributed by atoms with Gasteiger partial charge in [0.05, 0.1) is 120 Å². The lowest BCUT2D eigenvalue weighted by Gasteiger charge is -2.42. The zero-order chi connectivity index (χ0) is 87.4. The van der Waals surface area contributed by atoms with Crippen molar-refractivity contribution < 1.29 is 101 Å². The van der Waals surface area contributed by atoms with Gasteiger partial charge in [-0.25, -0.2) is 24.1 Å². The lowest BCUT2D eigenvalue weighted by Crippen LogP contribution is -2.61. The fourth-order valence-corrected chi connectivity index (χ4v) is 15.5. The number of ketones is 1. The number of unbranched alkanes of at least 4 members (excludes halogenated alkanes) is 2. The van der Waals surface area contributed by atoms with Crippen LogP contribution in [-0.2, 0) is 91.1 Å². The van der Waals surface area contributed by atoms with Gasteiger partial charge < -0.3 is 110 Å². The van der Waals surface area contributed by atoms with E-state index in [0.29, 0.717) is 208 Å². The van der Waals surface area contributed by atoms with Crippen LogP contribution in [0.1, 0.15) is 163 Å². The minimum absolute atomic E-state index is 0.0335. The van der Waals surface area contributed by atoms with Crippen LogP contribution in [0.15, 0.2) is 88.4 Å². The molecule has 6 heterocycles. The van der Waals surface area contributed by atoms with Crippen molar-refractivity contribution in [2.24, 2.45) is 40.5 Å². The number of allylic oxidation sites excluding steroid dienone is 4. The van der Waals surface area contributed by atoms with Crippen molar-refractivity contribution in [1.29, 1.82) is 0 Å². The van der Waals surface area contributed by atoms with E-state index < -0.39 is 96.2 Å². The standard InChI is InChI=1S/C86H134N14O21/c1-11-12-13-20-56(4)71(110-9)50-64-25-22-60(8)86(109,121-64)80(106)83(107)99-30-16-14-21-67(99)84(108)119-72(65(87)47-61-23-26-68(101)73(48-61)111-10)51-69(102)57(5)46-59(7)78(104)79(105)76(58(6)45-55(2)3)96-118-53-63-52-98(97-94-63)32-36-114-38-40-116-42-44-117-43-41-115-39-37-113-34-19-18-33-112-35-28-74(103)90-29-15-17-31-100-82-75(81(88)91-54-92-82)77(95-100)62-24-27-70-66(49-62)93-85(89)120-70/h11-13,20,24,27,46,49,52,54-55,57-58,60-61,64-65,67-69,71-73,78-79,101-102,104-105,109H,1,14-19,21-23,25-26,28-45,47-48,50-51,53,87H2,2-10H3,(H2,89,93)(H,90,103)(H2,88,91,92)/b13-12+,56-20+,59-46+,96-76+/t57-,58-,60-,61+,64+,65-,67+,68-,69?,71+,72+,73-,78-,79+,86-/m1/s1. The molecule has 0 bridgehead atoms. The molecule has 0 radical (unpaired) electrons. The molecule has 2 saturated heterocycles. The van der Waals surface area contributed by atoms with Crippen LogP contribution in [0.4, 0.5) is 11.8 Å². The summed E-state index contributed by atoms with van der Waals surface area (Å²) in [7, 11) is 3.10. The Labute approximate surface area is 709 Å².